The molecule has 1 rings (SSSR count). The number of carboxylic acid groups (broad SMARTS) is 3. The molecule has 0 unspecified atom stereocenters. The molecule has 0 aromatic carbocycles. The average Bonchev–Trinajstić information content (AvgIpc) is 2.24. The van der Waals surface area contributed by atoms with Crippen LogP contribution in [0.5, 0.6) is 0 Å². The maximum atomic E-state index is 10.3. The number of hydrogen-bond acceptors (Lipinski definition) is 9. The van der Waals surface area contributed by atoms with Crippen molar-refractivity contribution in [3.8, 4) is 0 Å². The monoisotopic (exact) mass is 317 g/mol. The molecule has 12 heteroatoms. The summed E-state index contributed by atoms with van der Waals surface area (Å²) < 4.78 is 0. The molecule has 1 aromatic rings. The number of nitrogen functional groups attached to an aromatic ring is 3. The molecule has 0 fully saturated rings. The molecule has 22 heavy (non-hydrogen) atoms. The third-order valence-corrected chi connectivity index (χ3v) is 2.07. The van der Waals surface area contributed by atoms with Crippen LogP contribution in [-0.4, -0.2) is 53.9 Å². The van der Waals surface area contributed by atoms with E-state index >= 15 is 0 Å². The number of carbonyl (C=O) groups is 3. The predicted octanol–water partition coefficient (Wildman–Crippen LogP) is -2.03. The summed E-state index contributed by atoms with van der Waals surface area (Å²) in [5.41, 5.74) is 12.9. The van der Waals surface area contributed by atoms with Gasteiger partial charge in [-0.3, -0.25) is 9.59 Å². The van der Waals surface area contributed by atoms with Crippen LogP contribution in [0.2, 0.25) is 0 Å². The minimum atomic E-state index is -2.74. The van der Waals surface area contributed by atoms with Crippen LogP contribution in [0.25, 0.3) is 0 Å². The highest BCUT2D eigenvalue weighted by Crippen LogP contribution is 2.15. The molecule has 12 nitrogen and oxygen atoms in total. The fourth-order valence-electron chi connectivity index (χ4n) is 1.22. The largest absolute Gasteiger partial charge is 0.481 e. The summed E-state index contributed by atoms with van der Waals surface area (Å²) in [4.78, 5) is 37.7. The van der Waals surface area contributed by atoms with Gasteiger partial charge in [-0.25, -0.2) is 4.79 Å². The zero-order chi connectivity index (χ0) is 17.5. The first-order valence-electron chi connectivity index (χ1n) is 5.51. The van der Waals surface area contributed by atoms with Gasteiger partial charge < -0.3 is 37.6 Å². The molecule has 0 aliphatic rings. The molecule has 0 radical (unpaired) electrons. The number of aliphatic hydroxyl groups is 1. The Kier molecular flexibility index (Phi) is 6.50. The summed E-state index contributed by atoms with van der Waals surface area (Å²) in [5.74, 6) is -4.33. The number of aromatic nitrogens is 2. The van der Waals surface area contributed by atoms with Crippen molar-refractivity contribution >= 4 is 35.5 Å². The number of carboxylic acids is 3. The van der Waals surface area contributed by atoms with Gasteiger partial charge in [0.2, 0.25) is 5.95 Å². The van der Waals surface area contributed by atoms with E-state index in [-0.39, 0.29) is 5.95 Å². The number of nitrogens with two attached hydrogens (primary N) is 3. The zero-order valence-electron chi connectivity index (χ0n) is 11.1. The Morgan fingerprint density at radius 1 is 0.955 bits per heavy atom. The molecule has 0 bridgehead atoms. The molecule has 122 valence electrons. The number of rotatable bonds is 5. The van der Waals surface area contributed by atoms with Gasteiger partial charge in [-0.1, -0.05) is 0 Å². The highest BCUT2D eigenvalue weighted by atomic mass is 16.4. The summed E-state index contributed by atoms with van der Waals surface area (Å²) in [7, 11) is 0. The van der Waals surface area contributed by atoms with E-state index in [4.69, 9.17) is 37.6 Å². The molecule has 0 atom stereocenters. The Balaban J connectivity index is 0.000000425. The Morgan fingerprint density at radius 3 is 1.55 bits per heavy atom. The van der Waals surface area contributed by atoms with Gasteiger partial charge in [0.1, 0.15) is 11.6 Å². The van der Waals surface area contributed by atoms with E-state index < -0.39 is 36.4 Å². The van der Waals surface area contributed by atoms with Crippen LogP contribution >= 0.6 is 0 Å². The Labute approximate surface area is 123 Å². The fourth-order valence-corrected chi connectivity index (χ4v) is 1.22. The lowest BCUT2D eigenvalue weighted by molar-refractivity contribution is -0.170. The molecular weight excluding hydrogens is 302 g/mol. The molecule has 0 amide bonds. The van der Waals surface area contributed by atoms with E-state index in [0.29, 0.717) is 11.6 Å². The summed E-state index contributed by atoms with van der Waals surface area (Å²) in [6, 6.07) is 1.44. The summed E-state index contributed by atoms with van der Waals surface area (Å²) >= 11 is 0. The topological polar surface area (TPSA) is 236 Å². The third kappa shape index (κ3) is 6.85. The minimum Gasteiger partial charge on any atom is -0.481 e. The molecule has 1 heterocycles. The molecule has 10 N–H and O–H groups in total. The third-order valence-electron chi connectivity index (χ3n) is 2.07. The molecule has 0 aliphatic heterocycles. The Hall–Kier alpha value is -3.15. The van der Waals surface area contributed by atoms with Crippen molar-refractivity contribution in [3.05, 3.63) is 6.07 Å². The lowest BCUT2D eigenvalue weighted by Crippen LogP contribution is -2.42. The maximum Gasteiger partial charge on any atom is 0.336 e. The summed E-state index contributed by atoms with van der Waals surface area (Å²) in [5, 5.41) is 33.8. The fraction of sp³-hybridized carbons (Fsp3) is 0.300. The van der Waals surface area contributed by atoms with Gasteiger partial charge in [0.15, 0.2) is 5.60 Å². The van der Waals surface area contributed by atoms with Crippen molar-refractivity contribution in [2.24, 2.45) is 0 Å². The van der Waals surface area contributed by atoms with Crippen molar-refractivity contribution in [3.63, 3.8) is 0 Å². The summed E-state index contributed by atoms with van der Waals surface area (Å²) in [6.45, 7) is 0. The second-order valence-corrected chi connectivity index (χ2v) is 4.05. The molecule has 0 saturated heterocycles. The van der Waals surface area contributed by atoms with Crippen molar-refractivity contribution < 1.29 is 34.8 Å². The molecule has 0 spiro atoms. The number of aliphatic carboxylic acids is 3. The van der Waals surface area contributed by atoms with E-state index in [0.717, 1.165) is 0 Å². The normalized spacial score (nSPS) is 10.2. The lowest BCUT2D eigenvalue weighted by Gasteiger charge is -2.18. The van der Waals surface area contributed by atoms with Crippen LogP contribution in [-0.2, 0) is 14.4 Å². The van der Waals surface area contributed by atoms with Crippen LogP contribution in [0, 0.1) is 0 Å². The average molecular weight is 317 g/mol. The van der Waals surface area contributed by atoms with E-state index in [1.807, 2.05) is 0 Å². The van der Waals surface area contributed by atoms with Crippen LogP contribution in [0.1, 0.15) is 12.8 Å². The number of anilines is 3. The number of hydrogen-bond donors (Lipinski definition) is 7. The van der Waals surface area contributed by atoms with Crippen molar-refractivity contribution in [1.82, 2.24) is 9.97 Å². The standard InChI is InChI=1S/C6H8O7.C4H7N5/c7-3(8)1-6(13,5(11)12)2-4(9)10;5-2-1-3(6)9-4(7)8-2/h13H,1-2H2,(H,7,8)(H,9,10)(H,11,12);1H,(H6,5,6,7,8,9). The van der Waals surface area contributed by atoms with Gasteiger partial charge in [-0.15, -0.1) is 0 Å². The summed E-state index contributed by atoms with van der Waals surface area (Å²) in [6.07, 6.45) is -2.29. The van der Waals surface area contributed by atoms with Crippen LogP contribution < -0.4 is 17.2 Å². The van der Waals surface area contributed by atoms with Crippen LogP contribution in [0.3, 0.4) is 0 Å². The van der Waals surface area contributed by atoms with Gasteiger partial charge in [-0.2, -0.15) is 9.97 Å². The highest BCUT2D eigenvalue weighted by molar-refractivity contribution is 5.88. The zero-order valence-corrected chi connectivity index (χ0v) is 11.1. The van der Waals surface area contributed by atoms with Crippen LogP contribution in [0.4, 0.5) is 17.6 Å². The van der Waals surface area contributed by atoms with E-state index in [1.54, 1.807) is 0 Å². The van der Waals surface area contributed by atoms with Crippen molar-refractivity contribution in [1.29, 1.82) is 0 Å². The van der Waals surface area contributed by atoms with E-state index in [2.05, 4.69) is 9.97 Å². The van der Waals surface area contributed by atoms with Gasteiger partial charge in [0.05, 0.1) is 12.8 Å². The number of nitrogens with zero attached hydrogens (tertiary/aromatic N) is 2. The van der Waals surface area contributed by atoms with Gasteiger partial charge in [-0.05, 0) is 0 Å². The second-order valence-electron chi connectivity index (χ2n) is 4.05. The molecule has 1 aromatic heterocycles. The van der Waals surface area contributed by atoms with E-state index in [1.165, 1.54) is 6.07 Å². The smallest absolute Gasteiger partial charge is 0.336 e. The van der Waals surface area contributed by atoms with Crippen molar-refractivity contribution in [2.45, 2.75) is 18.4 Å². The minimum absolute atomic E-state index is 0.104. The Bertz CT molecular complexity index is 510. The van der Waals surface area contributed by atoms with Gasteiger partial charge in [0, 0.05) is 6.07 Å². The predicted molar refractivity (Wildman–Crippen MR) is 72.4 cm³/mol. The SMILES string of the molecule is Nc1cc(N)nc(N)n1.O=C(O)CC(O)(CC(=O)O)C(=O)O. The van der Waals surface area contributed by atoms with Crippen molar-refractivity contribution in [2.75, 3.05) is 17.2 Å². The first kappa shape index (κ1) is 18.8. The second kappa shape index (κ2) is 7.58. The first-order valence-corrected chi connectivity index (χ1v) is 5.51. The molecular formula is C10H15N5O7. The first-order chi connectivity index (χ1) is 9.96. The van der Waals surface area contributed by atoms with Crippen LogP contribution in [0.15, 0.2) is 6.07 Å². The van der Waals surface area contributed by atoms with E-state index in [9.17, 15) is 14.4 Å². The highest BCUT2D eigenvalue weighted by Gasteiger charge is 2.40. The molecule has 0 saturated carbocycles. The van der Waals surface area contributed by atoms with Gasteiger partial charge in [0.25, 0.3) is 0 Å². The maximum absolute atomic E-state index is 10.3. The quantitative estimate of drug-likeness (QED) is 0.311. The lowest BCUT2D eigenvalue weighted by atomic mass is 9.96. The van der Waals surface area contributed by atoms with Gasteiger partial charge >= 0.3 is 17.9 Å². The Morgan fingerprint density at radius 2 is 1.32 bits per heavy atom. The molecule has 0 aliphatic carbocycles.